The predicted octanol–water partition coefficient (Wildman–Crippen LogP) is 5.40. The van der Waals surface area contributed by atoms with Gasteiger partial charge in [0.25, 0.3) is 0 Å². The number of hydrogen-bond acceptors (Lipinski definition) is 6. The molecule has 0 aliphatic heterocycles. The van der Waals surface area contributed by atoms with Gasteiger partial charge in [0.05, 0.1) is 22.5 Å². The highest BCUT2D eigenvalue weighted by molar-refractivity contribution is 7.90. The minimum Gasteiger partial charge on any atom is -0.336 e. The Balaban J connectivity index is 1.46. The molecular formula is C28H22F2N6O2S. The van der Waals surface area contributed by atoms with E-state index in [4.69, 9.17) is 4.98 Å². The lowest BCUT2D eigenvalue weighted by atomic mass is 10.00. The zero-order chi connectivity index (χ0) is 27.3. The van der Waals surface area contributed by atoms with Crippen LogP contribution >= 0.6 is 0 Å². The highest BCUT2D eigenvalue weighted by Crippen LogP contribution is 2.34. The predicted molar refractivity (Wildman–Crippen MR) is 146 cm³/mol. The van der Waals surface area contributed by atoms with Gasteiger partial charge >= 0.3 is 0 Å². The summed E-state index contributed by atoms with van der Waals surface area (Å²) >= 11 is 0. The van der Waals surface area contributed by atoms with E-state index in [0.29, 0.717) is 61.4 Å². The molecule has 0 amide bonds. The van der Waals surface area contributed by atoms with Gasteiger partial charge in [-0.05, 0) is 60.9 Å². The first-order chi connectivity index (χ1) is 18.7. The number of nitrogens with zero attached hydrogens (tertiary/aromatic N) is 4. The van der Waals surface area contributed by atoms with Gasteiger partial charge in [0.1, 0.15) is 32.7 Å². The molecule has 0 saturated carbocycles. The number of halogens is 2. The maximum Gasteiger partial charge on any atom is 0.159 e. The molecule has 11 heteroatoms. The molecule has 39 heavy (non-hydrogen) atoms. The zero-order valence-corrected chi connectivity index (χ0v) is 21.8. The molecular weight excluding hydrogens is 522 g/mol. The quantitative estimate of drug-likeness (QED) is 0.290. The minimum atomic E-state index is -3.21. The number of hydrogen-bond donors (Lipinski definition) is 2. The van der Waals surface area contributed by atoms with Crippen LogP contribution in [-0.2, 0) is 16.3 Å². The highest BCUT2D eigenvalue weighted by atomic mass is 32.2. The average Bonchev–Trinajstić information content (AvgIpc) is 3.50. The number of nitrogens with one attached hydrogen (secondary N) is 2. The number of imidazole rings is 1. The number of sulfone groups is 1. The monoisotopic (exact) mass is 544 g/mol. The van der Waals surface area contributed by atoms with E-state index < -0.39 is 21.5 Å². The molecule has 0 atom stereocenters. The molecule has 0 spiro atoms. The van der Waals surface area contributed by atoms with Crippen molar-refractivity contribution < 1.29 is 17.2 Å². The Kier molecular flexibility index (Phi) is 5.95. The van der Waals surface area contributed by atoms with Crippen molar-refractivity contribution in [3.63, 3.8) is 0 Å². The smallest absolute Gasteiger partial charge is 0.159 e. The van der Waals surface area contributed by atoms with Gasteiger partial charge in [-0.2, -0.15) is 5.10 Å². The minimum absolute atomic E-state index is 0.0898. The number of fused-ring (bicyclic) bond motifs is 2. The molecule has 0 radical (unpaired) electrons. The summed E-state index contributed by atoms with van der Waals surface area (Å²) in [5.74, 6) is -0.556. The van der Waals surface area contributed by atoms with Crippen molar-refractivity contribution in [2.75, 3.05) is 12.0 Å². The average molecular weight is 545 g/mol. The van der Waals surface area contributed by atoms with Crippen molar-refractivity contribution in [2.45, 2.75) is 13.3 Å². The first-order valence-electron chi connectivity index (χ1n) is 12.1. The molecule has 4 heterocycles. The number of aromatic nitrogens is 6. The first kappa shape index (κ1) is 24.8. The molecule has 0 saturated heterocycles. The topological polar surface area (TPSA) is 117 Å². The van der Waals surface area contributed by atoms with Crippen LogP contribution in [0.2, 0.25) is 0 Å². The maximum atomic E-state index is 15.0. The van der Waals surface area contributed by atoms with Crippen LogP contribution in [0.3, 0.4) is 0 Å². The first-order valence-corrected chi connectivity index (χ1v) is 14.1. The lowest BCUT2D eigenvalue weighted by Gasteiger charge is -2.07. The highest BCUT2D eigenvalue weighted by Gasteiger charge is 2.19. The van der Waals surface area contributed by atoms with E-state index in [-0.39, 0.29) is 12.2 Å². The molecule has 0 fully saturated rings. The normalized spacial score (nSPS) is 12.0. The molecule has 0 bridgehead atoms. The Labute approximate surface area is 222 Å². The van der Waals surface area contributed by atoms with Crippen LogP contribution in [0.15, 0.2) is 61.1 Å². The van der Waals surface area contributed by atoms with E-state index in [1.807, 2.05) is 13.0 Å². The molecule has 2 N–H and O–H groups in total. The van der Waals surface area contributed by atoms with Crippen molar-refractivity contribution in [2.24, 2.45) is 0 Å². The van der Waals surface area contributed by atoms with Gasteiger partial charge in [-0.1, -0.05) is 0 Å². The largest absolute Gasteiger partial charge is 0.336 e. The van der Waals surface area contributed by atoms with E-state index in [1.54, 1.807) is 36.8 Å². The van der Waals surface area contributed by atoms with Crippen molar-refractivity contribution in [3.8, 4) is 33.9 Å². The number of pyridine rings is 2. The van der Waals surface area contributed by atoms with Gasteiger partial charge < -0.3 is 4.98 Å². The van der Waals surface area contributed by atoms with E-state index in [1.165, 1.54) is 18.2 Å². The van der Waals surface area contributed by atoms with Gasteiger partial charge in [0.2, 0.25) is 0 Å². The number of rotatable bonds is 6. The van der Waals surface area contributed by atoms with E-state index >= 15 is 4.39 Å². The molecule has 6 rings (SSSR count). The fourth-order valence-corrected chi connectivity index (χ4v) is 5.27. The second kappa shape index (κ2) is 9.35. The molecule has 8 nitrogen and oxygen atoms in total. The van der Waals surface area contributed by atoms with Crippen LogP contribution in [-0.4, -0.2) is 50.6 Å². The summed E-state index contributed by atoms with van der Waals surface area (Å²) in [7, 11) is -3.21. The van der Waals surface area contributed by atoms with Crippen molar-refractivity contribution in [1.82, 2.24) is 30.1 Å². The van der Waals surface area contributed by atoms with E-state index in [2.05, 4.69) is 25.1 Å². The van der Waals surface area contributed by atoms with Crippen molar-refractivity contribution >= 4 is 31.8 Å². The van der Waals surface area contributed by atoms with Gasteiger partial charge in [0.15, 0.2) is 5.82 Å². The van der Waals surface area contributed by atoms with Crippen LogP contribution in [0.1, 0.15) is 11.1 Å². The third kappa shape index (κ3) is 4.76. The Hall–Kier alpha value is -4.51. The van der Waals surface area contributed by atoms with Crippen LogP contribution in [0.5, 0.6) is 0 Å². The molecule has 4 aromatic heterocycles. The lowest BCUT2D eigenvalue weighted by Crippen LogP contribution is -2.06. The van der Waals surface area contributed by atoms with Crippen molar-refractivity contribution in [3.05, 3.63) is 83.8 Å². The molecule has 0 unspecified atom stereocenters. The van der Waals surface area contributed by atoms with Gasteiger partial charge in [-0.3, -0.25) is 15.1 Å². The molecule has 196 valence electrons. The number of aryl methyl sites for hydroxylation is 2. The summed E-state index contributed by atoms with van der Waals surface area (Å²) in [4.78, 5) is 16.6. The Morgan fingerprint density at radius 3 is 2.59 bits per heavy atom. The zero-order valence-electron chi connectivity index (χ0n) is 21.0. The number of benzene rings is 2. The number of aromatic amines is 2. The molecule has 0 aliphatic rings. The summed E-state index contributed by atoms with van der Waals surface area (Å²) in [6, 6.07) is 11.1. The van der Waals surface area contributed by atoms with E-state index in [0.717, 1.165) is 11.8 Å². The van der Waals surface area contributed by atoms with Crippen LogP contribution in [0.25, 0.3) is 55.8 Å². The van der Waals surface area contributed by atoms with Crippen LogP contribution in [0, 0.1) is 18.6 Å². The summed E-state index contributed by atoms with van der Waals surface area (Å²) < 4.78 is 52.8. The second-order valence-electron chi connectivity index (χ2n) is 9.51. The Morgan fingerprint density at radius 2 is 1.79 bits per heavy atom. The summed E-state index contributed by atoms with van der Waals surface area (Å²) in [5, 5.41) is 7.94. The third-order valence-corrected chi connectivity index (χ3v) is 7.54. The Bertz CT molecular complexity index is 2000. The molecule has 2 aromatic carbocycles. The fraction of sp³-hybridized carbons (Fsp3) is 0.143. The fourth-order valence-electron chi connectivity index (χ4n) is 4.66. The lowest BCUT2D eigenvalue weighted by molar-refractivity contribution is 0.600. The SMILES string of the molecule is Cc1ccncc1-c1cc2c(-c3nc4c(-c5cc(F)cc(CCS(C)(=O)=O)c5)nccc4[nH]3)n[nH]c2cc1F. The summed E-state index contributed by atoms with van der Waals surface area (Å²) in [5.41, 5.74) is 5.57. The standard InChI is InChI=1S/C28H22F2N6O2S/c1-15-3-6-31-14-21(15)19-12-20-24(13-22(19)30)35-36-26(20)28-33-23-4-7-32-25(27(23)34-28)17-9-16(10-18(29)11-17)5-8-39(2,37)38/h3-4,6-7,9-14H,5,8H2,1-2H3,(H,33,34)(H,35,36). The van der Waals surface area contributed by atoms with Crippen molar-refractivity contribution in [1.29, 1.82) is 0 Å². The van der Waals surface area contributed by atoms with Gasteiger partial charge in [0, 0.05) is 53.0 Å². The molecule has 6 aromatic rings. The maximum absolute atomic E-state index is 15.0. The van der Waals surface area contributed by atoms with Gasteiger partial charge in [-0.25, -0.2) is 22.2 Å². The second-order valence-corrected chi connectivity index (χ2v) is 11.8. The third-order valence-electron chi connectivity index (χ3n) is 6.60. The van der Waals surface area contributed by atoms with Crippen LogP contribution in [0.4, 0.5) is 8.78 Å². The molecule has 0 aliphatic carbocycles. The van der Waals surface area contributed by atoms with E-state index in [9.17, 15) is 12.8 Å². The number of H-pyrrole nitrogens is 2. The van der Waals surface area contributed by atoms with Gasteiger partial charge in [-0.15, -0.1) is 0 Å². The van der Waals surface area contributed by atoms with Crippen LogP contribution < -0.4 is 0 Å². The Morgan fingerprint density at radius 1 is 0.949 bits per heavy atom. The summed E-state index contributed by atoms with van der Waals surface area (Å²) in [6.45, 7) is 1.89. The summed E-state index contributed by atoms with van der Waals surface area (Å²) in [6.07, 6.45) is 6.20.